The molecule has 0 saturated carbocycles. The van der Waals surface area contributed by atoms with Crippen molar-refractivity contribution < 1.29 is 9.18 Å². The molecular formula is C16H14BrFN2O. The average Bonchev–Trinajstić information content (AvgIpc) is 2.50. The lowest BCUT2D eigenvalue weighted by molar-refractivity contribution is 0.0982. The number of halogens is 2. The molecule has 0 aromatic heterocycles. The van der Waals surface area contributed by atoms with Crippen molar-refractivity contribution in [3.63, 3.8) is 0 Å². The van der Waals surface area contributed by atoms with Crippen LogP contribution in [0.3, 0.4) is 0 Å². The monoisotopic (exact) mass is 348 g/mol. The second-order valence-corrected chi connectivity index (χ2v) is 5.82. The number of hydrogen-bond acceptors (Lipinski definition) is 2. The third kappa shape index (κ3) is 2.42. The molecule has 2 aromatic carbocycles. The van der Waals surface area contributed by atoms with Gasteiger partial charge in [0.15, 0.2) is 0 Å². The zero-order valence-corrected chi connectivity index (χ0v) is 13.1. The number of benzene rings is 2. The maximum Gasteiger partial charge on any atom is 0.261 e. The summed E-state index contributed by atoms with van der Waals surface area (Å²) >= 11 is 3.13. The van der Waals surface area contributed by atoms with Crippen LogP contribution in [0.15, 0.2) is 46.9 Å². The van der Waals surface area contributed by atoms with Gasteiger partial charge in [0.05, 0.1) is 21.4 Å². The van der Waals surface area contributed by atoms with E-state index < -0.39 is 5.82 Å². The minimum atomic E-state index is -0.515. The fourth-order valence-corrected chi connectivity index (χ4v) is 2.90. The molecule has 0 atom stereocenters. The van der Waals surface area contributed by atoms with Crippen molar-refractivity contribution in [3.8, 4) is 0 Å². The molecule has 108 valence electrons. The molecule has 0 fully saturated rings. The van der Waals surface area contributed by atoms with Crippen LogP contribution in [0.5, 0.6) is 0 Å². The van der Waals surface area contributed by atoms with Gasteiger partial charge < -0.3 is 9.80 Å². The molecule has 1 heterocycles. The Bertz CT molecular complexity index is 704. The molecule has 1 amide bonds. The van der Waals surface area contributed by atoms with Gasteiger partial charge in [0.2, 0.25) is 0 Å². The third-order valence-electron chi connectivity index (χ3n) is 3.67. The van der Waals surface area contributed by atoms with Crippen LogP contribution >= 0.6 is 15.9 Å². The summed E-state index contributed by atoms with van der Waals surface area (Å²) < 4.78 is 14.5. The van der Waals surface area contributed by atoms with Crippen LogP contribution in [0.1, 0.15) is 10.4 Å². The Morgan fingerprint density at radius 1 is 1.10 bits per heavy atom. The maximum atomic E-state index is 14.2. The summed E-state index contributed by atoms with van der Waals surface area (Å²) in [5.41, 5.74) is 1.88. The summed E-state index contributed by atoms with van der Waals surface area (Å²) in [6.07, 6.45) is 0. The predicted molar refractivity (Wildman–Crippen MR) is 85.5 cm³/mol. The molecule has 1 aliphatic heterocycles. The van der Waals surface area contributed by atoms with Gasteiger partial charge in [0.1, 0.15) is 5.82 Å². The number of likely N-dealkylation sites (N-methyl/N-ethyl adjacent to an activating group) is 1. The number of amides is 1. The Hall–Kier alpha value is -1.88. The van der Waals surface area contributed by atoms with Crippen LogP contribution in [0.2, 0.25) is 0 Å². The van der Waals surface area contributed by atoms with Crippen LogP contribution in [0.25, 0.3) is 0 Å². The largest absolute Gasteiger partial charge is 0.371 e. The molecule has 21 heavy (non-hydrogen) atoms. The van der Waals surface area contributed by atoms with Crippen LogP contribution in [-0.2, 0) is 0 Å². The number of hydrogen-bond donors (Lipinski definition) is 0. The molecule has 0 unspecified atom stereocenters. The highest BCUT2D eigenvalue weighted by Crippen LogP contribution is 2.33. The molecule has 3 rings (SSSR count). The summed E-state index contributed by atoms with van der Waals surface area (Å²) in [6.45, 7) is 1.26. The lowest BCUT2D eigenvalue weighted by Crippen LogP contribution is -2.43. The van der Waals surface area contributed by atoms with Gasteiger partial charge in [-0.05, 0) is 40.2 Å². The quantitative estimate of drug-likeness (QED) is 0.784. The van der Waals surface area contributed by atoms with E-state index >= 15 is 0 Å². The first-order valence-electron chi connectivity index (χ1n) is 6.65. The first-order valence-corrected chi connectivity index (χ1v) is 7.45. The molecule has 0 N–H and O–H groups in total. The van der Waals surface area contributed by atoms with E-state index in [0.29, 0.717) is 11.0 Å². The van der Waals surface area contributed by atoms with E-state index in [2.05, 4.69) is 20.8 Å². The zero-order valence-electron chi connectivity index (χ0n) is 11.5. The fourth-order valence-electron chi connectivity index (χ4n) is 2.53. The van der Waals surface area contributed by atoms with Crippen molar-refractivity contribution in [3.05, 3.63) is 58.3 Å². The fraction of sp³-hybridized carbons (Fsp3) is 0.188. The number of fused-ring (bicyclic) bond motifs is 1. The number of carbonyl (C=O) groups excluding carboxylic acids is 1. The van der Waals surface area contributed by atoms with Crippen LogP contribution in [0, 0.1) is 5.82 Å². The first-order chi connectivity index (χ1) is 10.1. The minimum absolute atomic E-state index is 0.0868. The van der Waals surface area contributed by atoms with Gasteiger partial charge in [0, 0.05) is 20.1 Å². The third-order valence-corrected chi connectivity index (χ3v) is 4.28. The van der Waals surface area contributed by atoms with Crippen molar-refractivity contribution in [1.29, 1.82) is 0 Å². The molecular weight excluding hydrogens is 335 g/mol. The van der Waals surface area contributed by atoms with Crippen molar-refractivity contribution >= 4 is 33.2 Å². The highest BCUT2D eigenvalue weighted by atomic mass is 79.9. The van der Waals surface area contributed by atoms with Gasteiger partial charge in [0.25, 0.3) is 5.91 Å². The van der Waals surface area contributed by atoms with E-state index in [-0.39, 0.29) is 11.5 Å². The summed E-state index contributed by atoms with van der Waals surface area (Å²) in [6, 6.07) is 12.4. The smallest absolute Gasteiger partial charge is 0.261 e. The average molecular weight is 349 g/mol. The normalized spacial score (nSPS) is 14.0. The molecule has 0 radical (unpaired) electrons. The molecule has 0 aliphatic carbocycles. The Balaban J connectivity index is 2.03. The number of anilines is 2. The molecule has 0 saturated heterocycles. The molecule has 3 nitrogen and oxygen atoms in total. The number of nitrogens with zero attached hydrogens (tertiary/aromatic N) is 2. The van der Waals surface area contributed by atoms with E-state index in [0.717, 1.165) is 17.9 Å². The number of rotatable bonds is 1. The van der Waals surface area contributed by atoms with Crippen LogP contribution in [-0.4, -0.2) is 26.0 Å². The van der Waals surface area contributed by atoms with E-state index in [1.54, 1.807) is 17.0 Å². The molecule has 2 aromatic rings. The van der Waals surface area contributed by atoms with E-state index in [1.165, 1.54) is 6.07 Å². The van der Waals surface area contributed by atoms with E-state index in [1.807, 2.05) is 31.3 Å². The number of para-hydroxylation sites is 2. The van der Waals surface area contributed by atoms with Gasteiger partial charge in [-0.2, -0.15) is 0 Å². The van der Waals surface area contributed by atoms with Gasteiger partial charge in [-0.1, -0.05) is 18.2 Å². The second kappa shape index (κ2) is 5.48. The van der Waals surface area contributed by atoms with E-state index in [9.17, 15) is 9.18 Å². The Morgan fingerprint density at radius 3 is 2.57 bits per heavy atom. The maximum absolute atomic E-state index is 14.2. The Morgan fingerprint density at radius 2 is 1.81 bits per heavy atom. The van der Waals surface area contributed by atoms with Crippen molar-refractivity contribution in [2.24, 2.45) is 0 Å². The highest BCUT2D eigenvalue weighted by Gasteiger charge is 2.27. The lowest BCUT2D eigenvalue weighted by atomic mass is 10.1. The van der Waals surface area contributed by atoms with Crippen LogP contribution in [0.4, 0.5) is 15.8 Å². The van der Waals surface area contributed by atoms with Crippen molar-refractivity contribution in [2.75, 3.05) is 29.9 Å². The molecule has 0 bridgehead atoms. The summed E-state index contributed by atoms with van der Waals surface area (Å²) in [5.74, 6) is -0.826. The predicted octanol–water partition coefficient (Wildman–Crippen LogP) is 3.68. The first kappa shape index (κ1) is 14.1. The minimum Gasteiger partial charge on any atom is -0.371 e. The van der Waals surface area contributed by atoms with Gasteiger partial charge in [-0.3, -0.25) is 4.79 Å². The highest BCUT2D eigenvalue weighted by molar-refractivity contribution is 9.10. The van der Waals surface area contributed by atoms with Crippen LogP contribution < -0.4 is 9.80 Å². The Kier molecular flexibility index (Phi) is 3.68. The van der Waals surface area contributed by atoms with E-state index in [4.69, 9.17) is 0 Å². The zero-order chi connectivity index (χ0) is 15.0. The summed E-state index contributed by atoms with van der Waals surface area (Å²) in [5, 5.41) is 0. The topological polar surface area (TPSA) is 23.6 Å². The standard InChI is InChI=1S/C16H14BrFN2O/c1-19-9-10-20(14-8-3-2-7-13(14)19)16(21)11-5-4-6-12(17)15(11)18/h2-8H,9-10H2,1H3. The summed E-state index contributed by atoms with van der Waals surface area (Å²) in [4.78, 5) is 16.4. The molecule has 5 heteroatoms. The lowest BCUT2D eigenvalue weighted by Gasteiger charge is -2.35. The molecule has 1 aliphatic rings. The SMILES string of the molecule is CN1CCN(C(=O)c2cccc(Br)c2F)c2ccccc21. The van der Waals surface area contributed by atoms with Gasteiger partial charge in [-0.25, -0.2) is 4.39 Å². The second-order valence-electron chi connectivity index (χ2n) is 4.97. The van der Waals surface area contributed by atoms with Gasteiger partial charge in [-0.15, -0.1) is 0 Å². The Labute approximate surface area is 131 Å². The van der Waals surface area contributed by atoms with Gasteiger partial charge >= 0.3 is 0 Å². The summed E-state index contributed by atoms with van der Waals surface area (Å²) in [7, 11) is 1.99. The number of carbonyl (C=O) groups is 1. The van der Waals surface area contributed by atoms with Crippen molar-refractivity contribution in [2.45, 2.75) is 0 Å². The van der Waals surface area contributed by atoms with Crippen molar-refractivity contribution in [1.82, 2.24) is 0 Å². The molecule has 0 spiro atoms.